The highest BCUT2D eigenvalue weighted by molar-refractivity contribution is 5.76. The quantitative estimate of drug-likeness (QED) is 0.566. The fourth-order valence-corrected chi connectivity index (χ4v) is 4.29. The maximum absolute atomic E-state index is 12.9. The van der Waals surface area contributed by atoms with Crippen molar-refractivity contribution in [2.24, 2.45) is 0 Å². The summed E-state index contributed by atoms with van der Waals surface area (Å²) >= 11 is 0. The molecule has 1 aromatic carbocycles. The monoisotopic (exact) mass is 460 g/mol. The first-order valence-electron chi connectivity index (χ1n) is 11.5. The SMILES string of the molecule is O=C(Cn1nc(-c2ccc3c(c2)OCO3)ccc1=O)N1CCN(c2ccc(C3CC3)nn2)CC1. The molecule has 3 aliphatic rings. The smallest absolute Gasteiger partial charge is 0.267 e. The van der Waals surface area contributed by atoms with Gasteiger partial charge in [0, 0.05) is 43.7 Å². The summed E-state index contributed by atoms with van der Waals surface area (Å²) in [6.07, 6.45) is 2.40. The Kier molecular flexibility index (Phi) is 5.12. The number of nitrogens with zero attached hydrogens (tertiary/aromatic N) is 6. The van der Waals surface area contributed by atoms with E-state index in [0.29, 0.717) is 49.3 Å². The van der Waals surface area contributed by atoms with Crippen LogP contribution >= 0.6 is 0 Å². The van der Waals surface area contributed by atoms with E-state index in [9.17, 15) is 9.59 Å². The third kappa shape index (κ3) is 4.07. The number of hydrogen-bond donors (Lipinski definition) is 0. The Labute approximate surface area is 195 Å². The lowest BCUT2D eigenvalue weighted by atomic mass is 10.1. The van der Waals surface area contributed by atoms with Gasteiger partial charge >= 0.3 is 0 Å². The maximum Gasteiger partial charge on any atom is 0.267 e. The second-order valence-corrected chi connectivity index (χ2v) is 8.74. The molecule has 1 aliphatic carbocycles. The van der Waals surface area contributed by atoms with E-state index in [-0.39, 0.29) is 24.8 Å². The van der Waals surface area contributed by atoms with Crippen LogP contribution in [-0.4, -0.2) is 63.8 Å². The van der Waals surface area contributed by atoms with Gasteiger partial charge in [-0.15, -0.1) is 5.10 Å². The van der Waals surface area contributed by atoms with Gasteiger partial charge in [0.1, 0.15) is 6.54 Å². The van der Waals surface area contributed by atoms with E-state index in [1.54, 1.807) is 11.0 Å². The lowest BCUT2D eigenvalue weighted by Gasteiger charge is -2.35. The number of anilines is 1. The van der Waals surface area contributed by atoms with Crippen molar-refractivity contribution < 1.29 is 14.3 Å². The number of fused-ring (bicyclic) bond motifs is 1. The van der Waals surface area contributed by atoms with Gasteiger partial charge in [-0.2, -0.15) is 10.2 Å². The second kappa shape index (κ2) is 8.44. The molecule has 2 aliphatic heterocycles. The van der Waals surface area contributed by atoms with E-state index in [0.717, 1.165) is 17.1 Å². The topological polar surface area (TPSA) is 103 Å². The van der Waals surface area contributed by atoms with Crippen molar-refractivity contribution in [1.29, 1.82) is 0 Å². The number of benzene rings is 1. The van der Waals surface area contributed by atoms with E-state index in [2.05, 4.69) is 26.3 Å². The fourth-order valence-electron chi connectivity index (χ4n) is 4.29. The van der Waals surface area contributed by atoms with Gasteiger partial charge in [0.05, 0.1) is 11.4 Å². The normalized spacial score (nSPS) is 17.2. The molecule has 2 fully saturated rings. The zero-order valence-corrected chi connectivity index (χ0v) is 18.6. The first-order valence-corrected chi connectivity index (χ1v) is 11.5. The van der Waals surface area contributed by atoms with Crippen LogP contribution in [0.3, 0.4) is 0 Å². The van der Waals surface area contributed by atoms with Gasteiger partial charge < -0.3 is 19.3 Å². The molecule has 1 saturated heterocycles. The van der Waals surface area contributed by atoms with Crippen LogP contribution in [-0.2, 0) is 11.3 Å². The number of carbonyl (C=O) groups is 1. The molecule has 2 aromatic heterocycles. The lowest BCUT2D eigenvalue weighted by Crippen LogP contribution is -2.50. The van der Waals surface area contributed by atoms with Gasteiger partial charge in [0.15, 0.2) is 17.3 Å². The van der Waals surface area contributed by atoms with Crippen LogP contribution in [0.4, 0.5) is 5.82 Å². The molecule has 174 valence electrons. The summed E-state index contributed by atoms with van der Waals surface area (Å²) in [6, 6.07) is 12.6. The Balaban J connectivity index is 1.10. The van der Waals surface area contributed by atoms with Gasteiger partial charge in [-0.1, -0.05) is 0 Å². The zero-order chi connectivity index (χ0) is 23.1. The molecule has 3 aromatic rings. The van der Waals surface area contributed by atoms with Crippen LogP contribution < -0.4 is 19.9 Å². The summed E-state index contributed by atoms with van der Waals surface area (Å²) in [4.78, 5) is 29.2. The zero-order valence-electron chi connectivity index (χ0n) is 18.6. The van der Waals surface area contributed by atoms with Crippen molar-refractivity contribution >= 4 is 11.7 Å². The van der Waals surface area contributed by atoms with Gasteiger partial charge in [-0.05, 0) is 49.2 Å². The first-order chi connectivity index (χ1) is 16.6. The molecule has 0 radical (unpaired) electrons. The average Bonchev–Trinajstić information content (AvgIpc) is 3.62. The molecular weight excluding hydrogens is 436 g/mol. The molecule has 1 amide bonds. The standard InChI is InChI=1S/C24H24N6O4/c31-23-8-5-19(17-3-6-20-21(13-17)34-15-33-20)27-30(23)14-24(32)29-11-9-28(10-12-29)22-7-4-18(25-26-22)16-1-2-16/h3-8,13,16H,1-2,9-12,14-15H2. The Bertz CT molecular complexity index is 1280. The van der Waals surface area contributed by atoms with Crippen LogP contribution in [0.1, 0.15) is 24.5 Å². The van der Waals surface area contributed by atoms with E-state index in [1.807, 2.05) is 24.3 Å². The molecule has 0 bridgehead atoms. The molecule has 0 N–H and O–H groups in total. The van der Waals surface area contributed by atoms with E-state index in [1.165, 1.54) is 23.6 Å². The number of hydrogen-bond acceptors (Lipinski definition) is 8. The Morgan fingerprint density at radius 1 is 0.941 bits per heavy atom. The summed E-state index contributed by atoms with van der Waals surface area (Å²) in [6.45, 7) is 2.54. The number of piperazine rings is 1. The van der Waals surface area contributed by atoms with Crippen LogP contribution in [0.2, 0.25) is 0 Å². The summed E-state index contributed by atoms with van der Waals surface area (Å²) in [5, 5.41) is 13.2. The summed E-state index contributed by atoms with van der Waals surface area (Å²) < 4.78 is 12.0. The van der Waals surface area contributed by atoms with Crippen molar-refractivity contribution in [2.75, 3.05) is 37.9 Å². The Hall–Kier alpha value is -3.95. The van der Waals surface area contributed by atoms with Gasteiger partial charge in [-0.3, -0.25) is 9.59 Å². The molecule has 4 heterocycles. The van der Waals surface area contributed by atoms with Crippen molar-refractivity contribution in [3.8, 4) is 22.8 Å². The first kappa shape index (κ1) is 20.6. The third-order valence-electron chi connectivity index (χ3n) is 6.44. The average molecular weight is 460 g/mol. The van der Waals surface area contributed by atoms with Crippen molar-refractivity contribution in [2.45, 2.75) is 25.3 Å². The van der Waals surface area contributed by atoms with E-state index >= 15 is 0 Å². The number of aromatic nitrogens is 4. The number of rotatable bonds is 5. The van der Waals surface area contributed by atoms with Crippen molar-refractivity contribution in [1.82, 2.24) is 24.9 Å². The van der Waals surface area contributed by atoms with Crippen LogP contribution in [0.15, 0.2) is 47.3 Å². The summed E-state index contributed by atoms with van der Waals surface area (Å²) in [7, 11) is 0. The third-order valence-corrected chi connectivity index (χ3v) is 6.44. The number of carbonyl (C=O) groups excluding carboxylic acids is 1. The molecule has 34 heavy (non-hydrogen) atoms. The molecule has 6 rings (SSSR count). The van der Waals surface area contributed by atoms with E-state index < -0.39 is 0 Å². The largest absolute Gasteiger partial charge is 0.454 e. The highest BCUT2D eigenvalue weighted by Crippen LogP contribution is 2.38. The molecule has 0 unspecified atom stereocenters. The minimum Gasteiger partial charge on any atom is -0.454 e. The number of amides is 1. The molecule has 0 atom stereocenters. The molecule has 10 heteroatoms. The highest BCUT2D eigenvalue weighted by atomic mass is 16.7. The number of ether oxygens (including phenoxy) is 2. The van der Waals surface area contributed by atoms with Crippen LogP contribution in [0.25, 0.3) is 11.3 Å². The predicted molar refractivity (Wildman–Crippen MR) is 123 cm³/mol. The van der Waals surface area contributed by atoms with Gasteiger partial charge in [0.2, 0.25) is 12.7 Å². The van der Waals surface area contributed by atoms with Crippen LogP contribution in [0.5, 0.6) is 11.5 Å². The van der Waals surface area contributed by atoms with Crippen LogP contribution in [0, 0.1) is 0 Å². The lowest BCUT2D eigenvalue weighted by molar-refractivity contribution is -0.132. The fraction of sp³-hybridized carbons (Fsp3) is 0.375. The Morgan fingerprint density at radius 3 is 2.53 bits per heavy atom. The van der Waals surface area contributed by atoms with Crippen molar-refractivity contribution in [3.05, 3.63) is 58.5 Å². The van der Waals surface area contributed by atoms with Gasteiger partial charge in [-0.25, -0.2) is 4.68 Å². The predicted octanol–water partition coefficient (Wildman–Crippen LogP) is 1.66. The minimum absolute atomic E-state index is 0.104. The second-order valence-electron chi connectivity index (χ2n) is 8.74. The molecule has 10 nitrogen and oxygen atoms in total. The summed E-state index contributed by atoms with van der Waals surface area (Å²) in [5.74, 6) is 2.60. The molecule has 1 saturated carbocycles. The highest BCUT2D eigenvalue weighted by Gasteiger charge is 2.27. The van der Waals surface area contributed by atoms with Crippen molar-refractivity contribution in [3.63, 3.8) is 0 Å². The minimum atomic E-state index is -0.317. The maximum atomic E-state index is 12.9. The molecule has 0 spiro atoms. The molecular formula is C24H24N6O4. The van der Waals surface area contributed by atoms with Gasteiger partial charge in [0.25, 0.3) is 5.56 Å². The summed E-state index contributed by atoms with van der Waals surface area (Å²) in [5.41, 5.74) is 2.12. The Morgan fingerprint density at radius 2 is 1.76 bits per heavy atom. The van der Waals surface area contributed by atoms with E-state index in [4.69, 9.17) is 9.47 Å².